The van der Waals surface area contributed by atoms with Gasteiger partial charge in [-0.25, -0.2) is 4.79 Å². The molecule has 0 fully saturated rings. The Morgan fingerprint density at radius 3 is 2.40 bits per heavy atom. The van der Waals surface area contributed by atoms with E-state index >= 15 is 0 Å². The van der Waals surface area contributed by atoms with Gasteiger partial charge in [0, 0.05) is 6.04 Å². The van der Waals surface area contributed by atoms with Crippen LogP contribution in [0, 0.1) is 11.3 Å². The van der Waals surface area contributed by atoms with Crippen LogP contribution < -0.4 is 10.1 Å². The maximum absolute atomic E-state index is 11.9. The lowest BCUT2D eigenvalue weighted by atomic mass is 10.1. The average Bonchev–Trinajstić information content (AvgIpc) is 2.51. The second-order valence-electron chi connectivity index (χ2n) is 5.21. The van der Waals surface area contributed by atoms with Crippen LogP contribution in [-0.2, 0) is 14.3 Å². The quantitative estimate of drug-likeness (QED) is 0.442. The first-order valence-corrected chi connectivity index (χ1v) is 8.24. The minimum Gasteiger partial charge on any atom is -0.479 e. The van der Waals surface area contributed by atoms with Crippen LogP contribution in [0.3, 0.4) is 0 Å². The molecule has 0 unspecified atom stereocenters. The van der Waals surface area contributed by atoms with Crippen LogP contribution in [0.5, 0.6) is 5.75 Å². The fourth-order valence-electron chi connectivity index (χ4n) is 1.79. The zero-order valence-corrected chi connectivity index (χ0v) is 15.6. The third kappa shape index (κ3) is 6.65. The van der Waals surface area contributed by atoms with Gasteiger partial charge in [0.2, 0.25) is 0 Å². The first-order chi connectivity index (χ1) is 11.8. The number of amides is 1. The number of nitrogens with zero attached hydrogens (tertiary/aromatic N) is 1. The maximum Gasteiger partial charge on any atom is 0.344 e. The van der Waals surface area contributed by atoms with Gasteiger partial charge in [0.25, 0.3) is 5.91 Å². The summed E-state index contributed by atoms with van der Waals surface area (Å²) in [5.41, 5.74) is 0.370. The monoisotopic (exact) mass is 384 g/mol. The lowest BCUT2D eigenvalue weighted by Gasteiger charge is -2.11. The fraction of sp³-hybridized carbons (Fsp3) is 0.353. The van der Waals surface area contributed by atoms with Crippen LogP contribution in [0.15, 0.2) is 17.7 Å². The van der Waals surface area contributed by atoms with Gasteiger partial charge in [-0.1, -0.05) is 23.2 Å². The Hall–Kier alpha value is -2.23. The molecular weight excluding hydrogens is 367 g/mol. The Labute approximate surface area is 156 Å². The van der Waals surface area contributed by atoms with Crippen LogP contribution in [0.25, 0.3) is 6.08 Å². The number of nitrogens with one attached hydrogen (secondary N) is 1. The summed E-state index contributed by atoms with van der Waals surface area (Å²) in [6.45, 7) is 5.17. The van der Waals surface area contributed by atoms with Crippen molar-refractivity contribution in [3.8, 4) is 11.8 Å². The number of halogens is 2. The smallest absolute Gasteiger partial charge is 0.344 e. The van der Waals surface area contributed by atoms with Crippen molar-refractivity contribution in [1.82, 2.24) is 5.32 Å². The molecule has 0 aliphatic heterocycles. The third-order valence-corrected chi connectivity index (χ3v) is 3.32. The normalized spacial score (nSPS) is 11.0. The Morgan fingerprint density at radius 1 is 1.32 bits per heavy atom. The molecule has 1 N–H and O–H groups in total. The van der Waals surface area contributed by atoms with Gasteiger partial charge >= 0.3 is 5.97 Å². The summed E-state index contributed by atoms with van der Waals surface area (Å²) >= 11 is 12.2. The molecule has 134 valence electrons. The molecule has 0 bridgehead atoms. The van der Waals surface area contributed by atoms with E-state index in [0.29, 0.717) is 5.56 Å². The van der Waals surface area contributed by atoms with E-state index in [4.69, 9.17) is 37.9 Å². The Morgan fingerprint density at radius 2 is 1.92 bits per heavy atom. The van der Waals surface area contributed by atoms with Gasteiger partial charge in [-0.3, -0.25) is 4.79 Å². The minimum absolute atomic E-state index is 0.0824. The molecule has 0 heterocycles. The largest absolute Gasteiger partial charge is 0.479 e. The van der Waals surface area contributed by atoms with Crippen molar-refractivity contribution in [1.29, 1.82) is 5.26 Å². The maximum atomic E-state index is 11.9. The summed E-state index contributed by atoms with van der Waals surface area (Å²) in [6, 6.07) is 4.69. The van der Waals surface area contributed by atoms with Crippen LogP contribution in [0.4, 0.5) is 0 Å². The zero-order valence-electron chi connectivity index (χ0n) is 14.1. The summed E-state index contributed by atoms with van der Waals surface area (Å²) < 4.78 is 10.0. The minimum atomic E-state index is -0.546. The van der Waals surface area contributed by atoms with E-state index in [-0.39, 0.29) is 40.6 Å². The first-order valence-electron chi connectivity index (χ1n) is 7.48. The van der Waals surface area contributed by atoms with E-state index in [1.807, 2.05) is 6.07 Å². The highest BCUT2D eigenvalue weighted by Gasteiger charge is 2.14. The number of carbonyl (C=O) groups is 2. The van der Waals surface area contributed by atoms with Crippen LogP contribution >= 0.6 is 23.2 Å². The van der Waals surface area contributed by atoms with E-state index in [1.54, 1.807) is 20.8 Å². The molecule has 0 saturated carbocycles. The average molecular weight is 385 g/mol. The second-order valence-corrected chi connectivity index (χ2v) is 6.02. The number of rotatable bonds is 7. The molecule has 0 aliphatic carbocycles. The van der Waals surface area contributed by atoms with Crippen LogP contribution in [-0.4, -0.2) is 31.1 Å². The Kier molecular flexibility index (Phi) is 8.26. The molecule has 0 aliphatic rings. The molecule has 25 heavy (non-hydrogen) atoms. The molecule has 0 spiro atoms. The van der Waals surface area contributed by atoms with Crippen LogP contribution in [0.1, 0.15) is 26.3 Å². The van der Waals surface area contributed by atoms with E-state index in [1.165, 1.54) is 18.2 Å². The van der Waals surface area contributed by atoms with Gasteiger partial charge in [-0.05, 0) is 44.5 Å². The molecule has 8 heteroatoms. The highest BCUT2D eigenvalue weighted by Crippen LogP contribution is 2.34. The lowest BCUT2D eigenvalue weighted by molar-refractivity contribution is -0.145. The number of benzene rings is 1. The second kappa shape index (κ2) is 9.92. The summed E-state index contributed by atoms with van der Waals surface area (Å²) in [4.78, 5) is 23.3. The van der Waals surface area contributed by atoms with Crippen molar-refractivity contribution in [2.75, 3.05) is 13.2 Å². The topological polar surface area (TPSA) is 88.4 Å². The molecule has 0 radical (unpaired) electrons. The highest BCUT2D eigenvalue weighted by molar-refractivity contribution is 6.37. The summed E-state index contributed by atoms with van der Waals surface area (Å²) in [6.07, 6.45) is 1.37. The zero-order chi connectivity index (χ0) is 19.0. The number of hydrogen-bond donors (Lipinski definition) is 1. The van der Waals surface area contributed by atoms with Crippen molar-refractivity contribution < 1.29 is 19.1 Å². The SMILES string of the molecule is CCOC(=O)COc1c(Cl)cc(/C=C(/C#N)C(=O)NC(C)C)cc1Cl. The van der Waals surface area contributed by atoms with Gasteiger partial charge in [0.1, 0.15) is 11.6 Å². The molecule has 1 rings (SSSR count). The molecule has 0 saturated heterocycles. The fourth-order valence-corrected chi connectivity index (χ4v) is 2.40. The highest BCUT2D eigenvalue weighted by atomic mass is 35.5. The number of esters is 1. The first kappa shape index (κ1) is 20.8. The predicted octanol–water partition coefficient (Wildman–Crippen LogP) is 3.37. The van der Waals surface area contributed by atoms with E-state index in [9.17, 15) is 9.59 Å². The van der Waals surface area contributed by atoms with Gasteiger partial charge in [-0.15, -0.1) is 0 Å². The Balaban J connectivity index is 3.01. The molecule has 6 nitrogen and oxygen atoms in total. The molecule has 1 amide bonds. The predicted molar refractivity (Wildman–Crippen MR) is 95.5 cm³/mol. The standard InChI is InChI=1S/C17H18Cl2N2O4/c1-4-24-15(22)9-25-16-13(18)6-11(7-14(16)19)5-12(8-20)17(23)21-10(2)3/h5-7,10H,4,9H2,1-3H3,(H,21,23)/b12-5-. The number of hydrogen-bond acceptors (Lipinski definition) is 5. The summed E-state index contributed by atoms with van der Waals surface area (Å²) in [7, 11) is 0. The molecule has 1 aromatic carbocycles. The third-order valence-electron chi connectivity index (χ3n) is 2.76. The lowest BCUT2D eigenvalue weighted by Crippen LogP contribution is -2.30. The number of ether oxygens (including phenoxy) is 2. The van der Waals surface area contributed by atoms with Crippen molar-refractivity contribution in [3.63, 3.8) is 0 Å². The van der Waals surface area contributed by atoms with Gasteiger partial charge in [0.15, 0.2) is 12.4 Å². The van der Waals surface area contributed by atoms with Gasteiger partial charge < -0.3 is 14.8 Å². The van der Waals surface area contributed by atoms with Gasteiger partial charge in [0.05, 0.1) is 16.7 Å². The van der Waals surface area contributed by atoms with E-state index in [2.05, 4.69) is 5.32 Å². The Bertz CT molecular complexity index is 701. The molecule has 1 aromatic rings. The van der Waals surface area contributed by atoms with Crippen molar-refractivity contribution >= 4 is 41.2 Å². The van der Waals surface area contributed by atoms with Gasteiger partial charge in [-0.2, -0.15) is 5.26 Å². The van der Waals surface area contributed by atoms with Crippen molar-refractivity contribution in [2.24, 2.45) is 0 Å². The molecule has 0 atom stereocenters. The van der Waals surface area contributed by atoms with Crippen molar-refractivity contribution in [3.05, 3.63) is 33.3 Å². The number of carbonyl (C=O) groups excluding carboxylic acids is 2. The van der Waals surface area contributed by atoms with Crippen molar-refractivity contribution in [2.45, 2.75) is 26.8 Å². The molecule has 0 aromatic heterocycles. The van der Waals surface area contributed by atoms with Crippen LogP contribution in [0.2, 0.25) is 10.0 Å². The van der Waals surface area contributed by atoms with E-state index < -0.39 is 11.9 Å². The molecular formula is C17H18Cl2N2O4. The number of nitriles is 1. The van der Waals surface area contributed by atoms with E-state index in [0.717, 1.165) is 0 Å². The summed E-state index contributed by atoms with van der Waals surface area (Å²) in [5.74, 6) is -0.915. The summed E-state index contributed by atoms with van der Waals surface area (Å²) in [5, 5.41) is 12.1.